The number of carbonyl (C=O) groups excluding carboxylic acids is 1. The molecular weight excluding hydrogens is 288 g/mol. The van der Waals surface area contributed by atoms with Gasteiger partial charge in [0.2, 0.25) is 0 Å². The molecule has 0 radical (unpaired) electrons. The molecule has 1 saturated heterocycles. The van der Waals surface area contributed by atoms with Crippen LogP contribution in [0.1, 0.15) is 60.0 Å². The van der Waals surface area contributed by atoms with Crippen molar-refractivity contribution in [2.45, 2.75) is 63.5 Å². The van der Waals surface area contributed by atoms with Gasteiger partial charge in [-0.1, -0.05) is 0 Å². The van der Waals surface area contributed by atoms with Crippen LogP contribution < -0.4 is 5.32 Å². The number of hydrogen-bond donors (Lipinski definition) is 2. The van der Waals surface area contributed by atoms with Crippen molar-refractivity contribution in [3.63, 3.8) is 0 Å². The standard InChI is InChI=1S/C19H26N2O2/c22-18-12-14-4-2-1-3-13(14)11-17(18)19(23)20-15-7-9-21(10-8-15)16-5-6-16/h11-12,15-16,22H,1-10H2,(H,20,23). The van der Waals surface area contributed by atoms with Crippen molar-refractivity contribution in [2.75, 3.05) is 13.1 Å². The summed E-state index contributed by atoms with van der Waals surface area (Å²) >= 11 is 0. The van der Waals surface area contributed by atoms with Gasteiger partial charge in [0, 0.05) is 25.2 Å². The molecule has 4 nitrogen and oxygen atoms in total. The number of fused-ring (bicyclic) bond motifs is 1. The molecule has 0 unspecified atom stereocenters. The van der Waals surface area contributed by atoms with E-state index in [1.54, 1.807) is 6.07 Å². The minimum absolute atomic E-state index is 0.110. The molecule has 2 N–H and O–H groups in total. The number of rotatable bonds is 3. The predicted octanol–water partition coefficient (Wildman–Crippen LogP) is 2.63. The Morgan fingerprint density at radius 1 is 1.04 bits per heavy atom. The summed E-state index contributed by atoms with van der Waals surface area (Å²) in [6.45, 7) is 2.18. The highest BCUT2D eigenvalue weighted by molar-refractivity contribution is 5.97. The first-order chi connectivity index (χ1) is 11.2. The Kier molecular flexibility index (Phi) is 4.02. The number of benzene rings is 1. The maximum Gasteiger partial charge on any atom is 0.255 e. The van der Waals surface area contributed by atoms with Crippen LogP contribution >= 0.6 is 0 Å². The Balaban J connectivity index is 1.40. The van der Waals surface area contributed by atoms with Gasteiger partial charge in [0.25, 0.3) is 5.91 Å². The van der Waals surface area contributed by atoms with Gasteiger partial charge in [-0.25, -0.2) is 0 Å². The zero-order valence-electron chi connectivity index (χ0n) is 13.7. The van der Waals surface area contributed by atoms with E-state index in [0.29, 0.717) is 5.56 Å². The summed E-state index contributed by atoms with van der Waals surface area (Å²) < 4.78 is 0. The summed E-state index contributed by atoms with van der Waals surface area (Å²) in [4.78, 5) is 15.1. The fraction of sp³-hybridized carbons (Fsp3) is 0.632. The van der Waals surface area contributed by atoms with E-state index in [1.165, 1.54) is 36.8 Å². The first-order valence-corrected chi connectivity index (χ1v) is 9.10. The molecule has 1 aromatic rings. The highest BCUT2D eigenvalue weighted by Crippen LogP contribution is 2.30. The second kappa shape index (κ2) is 6.16. The third-order valence-corrected chi connectivity index (χ3v) is 5.63. The highest BCUT2D eigenvalue weighted by Gasteiger charge is 2.32. The van der Waals surface area contributed by atoms with Crippen molar-refractivity contribution in [1.29, 1.82) is 0 Å². The molecule has 0 spiro atoms. The number of nitrogens with one attached hydrogen (secondary N) is 1. The van der Waals surface area contributed by atoms with E-state index < -0.39 is 0 Å². The molecule has 1 aromatic carbocycles. The topological polar surface area (TPSA) is 52.6 Å². The quantitative estimate of drug-likeness (QED) is 0.902. The molecule has 1 saturated carbocycles. The molecule has 0 bridgehead atoms. The van der Waals surface area contributed by atoms with Crippen molar-refractivity contribution >= 4 is 5.91 Å². The van der Waals surface area contributed by atoms with Crippen LogP contribution in [0, 0.1) is 0 Å². The predicted molar refractivity (Wildman–Crippen MR) is 89.8 cm³/mol. The molecule has 0 aromatic heterocycles. The molecule has 2 fully saturated rings. The molecule has 124 valence electrons. The van der Waals surface area contributed by atoms with Gasteiger partial charge >= 0.3 is 0 Å². The van der Waals surface area contributed by atoms with Crippen molar-refractivity contribution in [3.8, 4) is 5.75 Å². The summed E-state index contributed by atoms with van der Waals surface area (Å²) in [5, 5.41) is 13.4. The summed E-state index contributed by atoms with van der Waals surface area (Å²) in [5.41, 5.74) is 2.90. The minimum atomic E-state index is -0.110. The maximum absolute atomic E-state index is 12.6. The number of amides is 1. The number of aryl methyl sites for hydroxylation is 2. The number of phenols is 1. The van der Waals surface area contributed by atoms with E-state index in [0.717, 1.165) is 44.8 Å². The first-order valence-electron chi connectivity index (χ1n) is 9.10. The molecule has 4 heteroatoms. The molecule has 3 aliphatic rings. The number of piperidine rings is 1. The van der Waals surface area contributed by atoms with Crippen LogP contribution in [-0.4, -0.2) is 41.1 Å². The van der Waals surface area contributed by atoms with Crippen molar-refractivity contribution in [1.82, 2.24) is 10.2 Å². The van der Waals surface area contributed by atoms with Gasteiger partial charge in [0.05, 0.1) is 5.56 Å². The largest absolute Gasteiger partial charge is 0.507 e. The van der Waals surface area contributed by atoms with E-state index in [-0.39, 0.29) is 17.7 Å². The van der Waals surface area contributed by atoms with Gasteiger partial charge in [-0.2, -0.15) is 0 Å². The van der Waals surface area contributed by atoms with Crippen LogP contribution in [0.3, 0.4) is 0 Å². The number of phenolic OH excluding ortho intramolecular Hbond substituents is 1. The third-order valence-electron chi connectivity index (χ3n) is 5.63. The normalized spacial score (nSPS) is 22.6. The number of aromatic hydroxyl groups is 1. The lowest BCUT2D eigenvalue weighted by Crippen LogP contribution is -2.45. The zero-order chi connectivity index (χ0) is 15.8. The lowest BCUT2D eigenvalue weighted by Gasteiger charge is -2.32. The van der Waals surface area contributed by atoms with Gasteiger partial charge in [-0.3, -0.25) is 4.79 Å². The molecule has 1 heterocycles. The van der Waals surface area contributed by atoms with E-state index in [1.807, 2.05) is 6.07 Å². The summed E-state index contributed by atoms with van der Waals surface area (Å²) in [6.07, 6.45) is 9.14. The van der Waals surface area contributed by atoms with Crippen LogP contribution in [0.2, 0.25) is 0 Å². The van der Waals surface area contributed by atoms with Gasteiger partial charge < -0.3 is 15.3 Å². The third kappa shape index (κ3) is 3.23. The van der Waals surface area contributed by atoms with E-state index >= 15 is 0 Å². The fourth-order valence-electron chi connectivity index (χ4n) is 4.07. The first kappa shape index (κ1) is 15.0. The smallest absolute Gasteiger partial charge is 0.255 e. The van der Waals surface area contributed by atoms with Crippen LogP contribution in [-0.2, 0) is 12.8 Å². The second-order valence-corrected chi connectivity index (χ2v) is 7.36. The van der Waals surface area contributed by atoms with Gasteiger partial charge in [-0.15, -0.1) is 0 Å². The Morgan fingerprint density at radius 2 is 1.70 bits per heavy atom. The van der Waals surface area contributed by atoms with Gasteiger partial charge in [-0.05, 0) is 74.6 Å². The van der Waals surface area contributed by atoms with Crippen molar-refractivity contribution in [3.05, 3.63) is 28.8 Å². The Morgan fingerprint density at radius 3 is 2.35 bits per heavy atom. The molecule has 23 heavy (non-hydrogen) atoms. The van der Waals surface area contributed by atoms with Crippen LogP contribution in [0.5, 0.6) is 5.75 Å². The number of nitrogens with zero attached hydrogens (tertiary/aromatic N) is 1. The number of hydrogen-bond acceptors (Lipinski definition) is 3. The molecule has 4 rings (SSSR count). The Hall–Kier alpha value is -1.55. The highest BCUT2D eigenvalue weighted by atomic mass is 16.3. The number of carbonyl (C=O) groups is 1. The van der Waals surface area contributed by atoms with E-state index in [2.05, 4.69) is 10.2 Å². The minimum Gasteiger partial charge on any atom is -0.507 e. The zero-order valence-corrected chi connectivity index (χ0v) is 13.7. The molecule has 1 aliphatic heterocycles. The SMILES string of the molecule is O=C(NC1CCN(C2CC2)CC1)c1cc2c(cc1O)CCCC2. The summed E-state index contributed by atoms with van der Waals surface area (Å²) in [7, 11) is 0. The fourth-order valence-corrected chi connectivity index (χ4v) is 4.07. The summed E-state index contributed by atoms with van der Waals surface area (Å²) in [6, 6.07) is 4.78. The Bertz CT molecular complexity index is 602. The van der Waals surface area contributed by atoms with E-state index in [4.69, 9.17) is 0 Å². The lowest BCUT2D eigenvalue weighted by molar-refractivity contribution is 0.0906. The van der Waals surface area contributed by atoms with Gasteiger partial charge in [0.1, 0.15) is 5.75 Å². The van der Waals surface area contributed by atoms with E-state index in [9.17, 15) is 9.90 Å². The van der Waals surface area contributed by atoms with Crippen molar-refractivity contribution < 1.29 is 9.90 Å². The Labute approximate surface area is 137 Å². The van der Waals surface area contributed by atoms with Crippen LogP contribution in [0.15, 0.2) is 12.1 Å². The monoisotopic (exact) mass is 314 g/mol. The lowest BCUT2D eigenvalue weighted by atomic mass is 9.89. The van der Waals surface area contributed by atoms with Gasteiger partial charge in [0.15, 0.2) is 0 Å². The molecule has 2 aliphatic carbocycles. The molecule has 1 amide bonds. The van der Waals surface area contributed by atoms with Crippen molar-refractivity contribution in [2.24, 2.45) is 0 Å². The molecule has 0 atom stereocenters. The second-order valence-electron chi connectivity index (χ2n) is 7.36. The summed E-state index contributed by atoms with van der Waals surface area (Å²) in [5.74, 6) is 0.0271. The number of likely N-dealkylation sites (tertiary alicyclic amines) is 1. The van der Waals surface area contributed by atoms with Crippen LogP contribution in [0.4, 0.5) is 0 Å². The average Bonchev–Trinajstić information content (AvgIpc) is 3.40. The van der Waals surface area contributed by atoms with Crippen LogP contribution in [0.25, 0.3) is 0 Å². The average molecular weight is 314 g/mol. The maximum atomic E-state index is 12.6. The molecular formula is C19H26N2O2.